The monoisotopic (exact) mass is 419 g/mol. The van der Waals surface area contributed by atoms with Crippen molar-refractivity contribution in [1.29, 1.82) is 0 Å². The molecule has 0 bridgehead atoms. The second kappa shape index (κ2) is 7.49. The average molecular weight is 420 g/mol. The van der Waals surface area contributed by atoms with Gasteiger partial charge in [0.15, 0.2) is 5.76 Å². The van der Waals surface area contributed by atoms with E-state index in [1.165, 1.54) is 0 Å². The van der Waals surface area contributed by atoms with Gasteiger partial charge in [0.25, 0.3) is 5.91 Å². The number of nitrogens with one attached hydrogen (secondary N) is 1. The number of carbonyl (C=O) groups excluding carboxylic acids is 1. The van der Waals surface area contributed by atoms with Gasteiger partial charge < -0.3 is 9.73 Å². The number of carbonyl (C=O) groups is 1. The molecule has 0 unspecified atom stereocenters. The SMILES string of the molecule is CCn1cc(CNC(=O)c2ccc(Cn3nc(C)c(Br)c3C)o2)c(C)n1. The van der Waals surface area contributed by atoms with Crippen molar-refractivity contribution >= 4 is 21.8 Å². The minimum absolute atomic E-state index is 0.241. The standard InChI is InChI=1S/C18H22BrN5O2/c1-5-23-9-14(11(2)21-23)8-20-18(25)16-7-6-15(26-16)10-24-13(4)17(19)12(3)22-24/h6-7,9H,5,8,10H2,1-4H3,(H,20,25). The van der Waals surface area contributed by atoms with Gasteiger partial charge in [0, 0.05) is 24.8 Å². The van der Waals surface area contributed by atoms with Crippen LogP contribution < -0.4 is 5.32 Å². The largest absolute Gasteiger partial charge is 0.454 e. The molecular formula is C18H22BrN5O2. The zero-order valence-electron chi connectivity index (χ0n) is 15.3. The van der Waals surface area contributed by atoms with Gasteiger partial charge in [-0.1, -0.05) is 0 Å². The molecule has 3 rings (SSSR count). The van der Waals surface area contributed by atoms with Crippen molar-refractivity contribution < 1.29 is 9.21 Å². The molecule has 26 heavy (non-hydrogen) atoms. The molecule has 138 valence electrons. The first-order chi connectivity index (χ1) is 12.4. The number of rotatable bonds is 6. The van der Waals surface area contributed by atoms with Crippen molar-refractivity contribution in [3.05, 3.63) is 57.0 Å². The van der Waals surface area contributed by atoms with Gasteiger partial charge in [0.2, 0.25) is 0 Å². The molecular weight excluding hydrogens is 398 g/mol. The quantitative estimate of drug-likeness (QED) is 0.664. The zero-order valence-corrected chi connectivity index (χ0v) is 16.9. The van der Waals surface area contributed by atoms with Crippen LogP contribution in [-0.2, 0) is 19.6 Å². The summed E-state index contributed by atoms with van der Waals surface area (Å²) in [5.74, 6) is 0.735. The molecule has 1 N–H and O–H groups in total. The predicted molar refractivity (Wildman–Crippen MR) is 101 cm³/mol. The third-order valence-electron chi connectivity index (χ3n) is 4.30. The first-order valence-corrected chi connectivity index (χ1v) is 9.27. The lowest BCUT2D eigenvalue weighted by molar-refractivity contribution is 0.0921. The van der Waals surface area contributed by atoms with Gasteiger partial charge in [0.1, 0.15) is 5.76 Å². The Labute approximate surface area is 160 Å². The van der Waals surface area contributed by atoms with Crippen LogP contribution in [0.5, 0.6) is 0 Å². The minimum Gasteiger partial charge on any atom is -0.454 e. The number of aryl methyl sites for hydroxylation is 3. The molecule has 1 amide bonds. The van der Waals surface area contributed by atoms with Crippen LogP contribution in [0.4, 0.5) is 0 Å². The lowest BCUT2D eigenvalue weighted by Crippen LogP contribution is -2.22. The van der Waals surface area contributed by atoms with Crippen LogP contribution in [-0.4, -0.2) is 25.5 Å². The normalized spacial score (nSPS) is 11.1. The smallest absolute Gasteiger partial charge is 0.287 e. The highest BCUT2D eigenvalue weighted by Gasteiger charge is 2.15. The van der Waals surface area contributed by atoms with Crippen molar-refractivity contribution in [3.8, 4) is 0 Å². The second-order valence-electron chi connectivity index (χ2n) is 6.19. The highest BCUT2D eigenvalue weighted by molar-refractivity contribution is 9.10. The summed E-state index contributed by atoms with van der Waals surface area (Å²) < 4.78 is 10.4. The van der Waals surface area contributed by atoms with Crippen LogP contribution in [0.15, 0.2) is 27.2 Å². The fourth-order valence-corrected chi connectivity index (χ4v) is 3.00. The molecule has 0 aliphatic rings. The number of furan rings is 1. The van der Waals surface area contributed by atoms with Crippen molar-refractivity contribution in [1.82, 2.24) is 24.9 Å². The summed E-state index contributed by atoms with van der Waals surface area (Å²) in [6.45, 7) is 9.60. The van der Waals surface area contributed by atoms with Gasteiger partial charge in [0.05, 0.1) is 28.1 Å². The number of hydrogen-bond donors (Lipinski definition) is 1. The first kappa shape index (κ1) is 18.4. The third-order valence-corrected chi connectivity index (χ3v) is 5.44. The third kappa shape index (κ3) is 3.75. The minimum atomic E-state index is -0.241. The van der Waals surface area contributed by atoms with E-state index >= 15 is 0 Å². The molecule has 0 radical (unpaired) electrons. The summed E-state index contributed by atoms with van der Waals surface area (Å²) in [5, 5.41) is 11.7. The maximum atomic E-state index is 12.3. The maximum absolute atomic E-state index is 12.3. The Bertz CT molecular complexity index is 938. The van der Waals surface area contributed by atoms with Crippen molar-refractivity contribution in [2.75, 3.05) is 0 Å². The van der Waals surface area contributed by atoms with Gasteiger partial charge in [-0.25, -0.2) is 0 Å². The first-order valence-electron chi connectivity index (χ1n) is 8.48. The van der Waals surface area contributed by atoms with Crippen LogP contribution in [0.1, 0.15) is 45.9 Å². The highest BCUT2D eigenvalue weighted by atomic mass is 79.9. The molecule has 0 atom stereocenters. The van der Waals surface area contributed by atoms with Gasteiger partial charge in [-0.05, 0) is 55.8 Å². The van der Waals surface area contributed by atoms with Crippen LogP contribution in [0.3, 0.4) is 0 Å². The summed E-state index contributed by atoms with van der Waals surface area (Å²) in [6.07, 6.45) is 1.95. The lowest BCUT2D eigenvalue weighted by atomic mass is 10.2. The maximum Gasteiger partial charge on any atom is 0.287 e. The van der Waals surface area contributed by atoms with E-state index in [4.69, 9.17) is 4.42 Å². The molecule has 0 spiro atoms. The fraction of sp³-hybridized carbons (Fsp3) is 0.389. The second-order valence-corrected chi connectivity index (χ2v) is 6.98. The summed E-state index contributed by atoms with van der Waals surface area (Å²) in [6, 6.07) is 3.49. The topological polar surface area (TPSA) is 77.9 Å². The van der Waals surface area contributed by atoms with E-state index in [0.29, 0.717) is 24.6 Å². The fourth-order valence-electron chi connectivity index (χ4n) is 2.72. The molecule has 0 aliphatic heterocycles. The Morgan fingerprint density at radius 1 is 1.23 bits per heavy atom. The molecule has 3 heterocycles. The molecule has 3 aromatic heterocycles. The molecule has 0 saturated heterocycles. The van der Waals surface area contributed by atoms with Crippen LogP contribution in [0, 0.1) is 20.8 Å². The molecule has 0 aliphatic carbocycles. The molecule has 7 nitrogen and oxygen atoms in total. The van der Waals surface area contributed by atoms with E-state index in [-0.39, 0.29) is 5.91 Å². The Hall–Kier alpha value is -2.35. The van der Waals surface area contributed by atoms with Gasteiger partial charge in [-0.15, -0.1) is 0 Å². The summed E-state index contributed by atoms with van der Waals surface area (Å²) >= 11 is 3.51. The number of halogens is 1. The Morgan fingerprint density at radius 3 is 2.62 bits per heavy atom. The summed E-state index contributed by atoms with van der Waals surface area (Å²) in [4.78, 5) is 12.3. The van der Waals surface area contributed by atoms with E-state index in [1.807, 2.05) is 43.3 Å². The van der Waals surface area contributed by atoms with Crippen LogP contribution in [0.2, 0.25) is 0 Å². The van der Waals surface area contributed by atoms with E-state index < -0.39 is 0 Å². The number of aromatic nitrogens is 4. The van der Waals surface area contributed by atoms with Gasteiger partial charge in [-0.3, -0.25) is 14.2 Å². The highest BCUT2D eigenvalue weighted by Crippen LogP contribution is 2.21. The average Bonchev–Trinajstić information content (AvgIpc) is 3.29. The number of amides is 1. The van der Waals surface area contributed by atoms with Gasteiger partial charge in [-0.2, -0.15) is 10.2 Å². The molecule has 0 aromatic carbocycles. The van der Waals surface area contributed by atoms with Crippen LogP contribution in [0.25, 0.3) is 0 Å². The molecule has 0 fully saturated rings. The predicted octanol–water partition coefficient (Wildman–Crippen LogP) is 3.36. The van der Waals surface area contributed by atoms with Crippen molar-refractivity contribution in [2.45, 2.75) is 47.3 Å². The van der Waals surface area contributed by atoms with E-state index in [9.17, 15) is 4.79 Å². The van der Waals surface area contributed by atoms with Crippen molar-refractivity contribution in [2.24, 2.45) is 0 Å². The summed E-state index contributed by atoms with van der Waals surface area (Å²) in [5.41, 5.74) is 3.87. The number of hydrogen-bond acceptors (Lipinski definition) is 4. The molecule has 8 heteroatoms. The summed E-state index contributed by atoms with van der Waals surface area (Å²) in [7, 11) is 0. The Kier molecular flexibility index (Phi) is 5.31. The van der Waals surface area contributed by atoms with E-state index in [1.54, 1.807) is 12.1 Å². The number of nitrogens with zero attached hydrogens (tertiary/aromatic N) is 4. The van der Waals surface area contributed by atoms with Crippen molar-refractivity contribution in [3.63, 3.8) is 0 Å². The van der Waals surface area contributed by atoms with Crippen LogP contribution >= 0.6 is 15.9 Å². The van der Waals surface area contributed by atoms with E-state index in [2.05, 4.69) is 31.4 Å². The molecule has 0 saturated carbocycles. The Balaban J connectivity index is 1.64. The van der Waals surface area contributed by atoms with E-state index in [0.717, 1.165) is 33.7 Å². The molecule has 3 aromatic rings. The Morgan fingerprint density at radius 2 is 2.00 bits per heavy atom. The lowest BCUT2D eigenvalue weighted by Gasteiger charge is -2.03. The zero-order chi connectivity index (χ0) is 18.8. The van der Waals surface area contributed by atoms with Gasteiger partial charge >= 0.3 is 0 Å².